The van der Waals surface area contributed by atoms with Gasteiger partial charge in [0.2, 0.25) is 0 Å². The summed E-state index contributed by atoms with van der Waals surface area (Å²) in [7, 11) is 0. The molecule has 0 aromatic heterocycles. The lowest BCUT2D eigenvalue weighted by Gasteiger charge is -2.13. The number of carbonyl (C=O) groups is 3. The molecule has 0 spiro atoms. The Hall–Kier alpha value is -2.77. The molecular formula is C22H20ClNO5S. The fourth-order valence-corrected chi connectivity index (χ4v) is 3.63. The molecule has 1 aliphatic heterocycles. The third-order valence-corrected chi connectivity index (χ3v) is 5.20. The number of amides is 2. The van der Waals surface area contributed by atoms with Crippen LogP contribution in [0.1, 0.15) is 25.0 Å². The fourth-order valence-electron chi connectivity index (χ4n) is 2.68. The Morgan fingerprint density at radius 2 is 1.83 bits per heavy atom. The predicted molar refractivity (Wildman–Crippen MR) is 116 cm³/mol. The van der Waals surface area contributed by atoms with Crippen LogP contribution >= 0.6 is 23.4 Å². The van der Waals surface area contributed by atoms with Crippen LogP contribution < -0.4 is 4.74 Å². The number of thioether (sulfide) groups is 1. The Morgan fingerprint density at radius 1 is 1.13 bits per heavy atom. The molecule has 30 heavy (non-hydrogen) atoms. The fraction of sp³-hybridized carbons (Fsp3) is 0.227. The molecule has 8 heteroatoms. The van der Waals surface area contributed by atoms with Gasteiger partial charge in [-0.2, -0.15) is 0 Å². The molecule has 2 amide bonds. The van der Waals surface area contributed by atoms with Gasteiger partial charge >= 0.3 is 5.97 Å². The zero-order chi connectivity index (χ0) is 21.7. The van der Waals surface area contributed by atoms with Gasteiger partial charge in [0.25, 0.3) is 11.1 Å². The van der Waals surface area contributed by atoms with Crippen molar-refractivity contribution in [2.75, 3.05) is 6.54 Å². The van der Waals surface area contributed by atoms with Gasteiger partial charge in [-0.1, -0.05) is 41.9 Å². The Bertz CT molecular complexity index is 987. The summed E-state index contributed by atoms with van der Waals surface area (Å²) in [5.41, 5.74) is 1.60. The highest BCUT2D eigenvalue weighted by Gasteiger charge is 2.37. The van der Waals surface area contributed by atoms with E-state index in [1.165, 1.54) is 0 Å². The zero-order valence-electron chi connectivity index (χ0n) is 16.5. The quantitative estimate of drug-likeness (QED) is 0.445. The van der Waals surface area contributed by atoms with Gasteiger partial charge in [0.05, 0.1) is 11.0 Å². The molecule has 156 valence electrons. The molecule has 6 nitrogen and oxygen atoms in total. The van der Waals surface area contributed by atoms with E-state index in [9.17, 15) is 14.4 Å². The lowest BCUT2D eigenvalue weighted by molar-refractivity contribution is -0.149. The highest BCUT2D eigenvalue weighted by molar-refractivity contribution is 8.18. The molecule has 0 radical (unpaired) electrons. The first-order valence-corrected chi connectivity index (χ1v) is 10.4. The summed E-state index contributed by atoms with van der Waals surface area (Å²) in [6, 6.07) is 14.5. The maximum atomic E-state index is 12.6. The van der Waals surface area contributed by atoms with Crippen molar-refractivity contribution in [3.63, 3.8) is 0 Å². The Morgan fingerprint density at radius 3 is 2.53 bits per heavy atom. The molecule has 1 aliphatic rings. The van der Waals surface area contributed by atoms with Crippen molar-refractivity contribution in [3.05, 3.63) is 69.6 Å². The SMILES string of the molecule is CC(C)OC(=O)CN1C(=O)S/C(=C\c2ccccc2OCc2ccc(Cl)cc2)C1=O. The average Bonchev–Trinajstić information content (AvgIpc) is 2.95. The smallest absolute Gasteiger partial charge is 0.326 e. The van der Waals surface area contributed by atoms with Crippen LogP contribution in [-0.4, -0.2) is 34.7 Å². The number of para-hydroxylation sites is 1. The molecule has 0 aliphatic carbocycles. The van der Waals surface area contributed by atoms with Crippen molar-refractivity contribution in [1.29, 1.82) is 0 Å². The van der Waals surface area contributed by atoms with Gasteiger partial charge in [-0.25, -0.2) is 0 Å². The molecule has 2 aromatic carbocycles. The number of nitrogens with zero attached hydrogens (tertiary/aromatic N) is 1. The van der Waals surface area contributed by atoms with Gasteiger partial charge in [-0.15, -0.1) is 0 Å². The lowest BCUT2D eigenvalue weighted by atomic mass is 10.1. The maximum absolute atomic E-state index is 12.6. The highest BCUT2D eigenvalue weighted by Crippen LogP contribution is 2.34. The summed E-state index contributed by atoms with van der Waals surface area (Å²) < 4.78 is 10.9. The van der Waals surface area contributed by atoms with Crippen molar-refractivity contribution in [2.45, 2.75) is 26.6 Å². The molecule has 0 bridgehead atoms. The number of hydrogen-bond donors (Lipinski definition) is 0. The average molecular weight is 446 g/mol. The largest absolute Gasteiger partial charge is 0.488 e. The summed E-state index contributed by atoms with van der Waals surface area (Å²) in [5.74, 6) is -0.586. The summed E-state index contributed by atoms with van der Waals surface area (Å²) in [5, 5.41) is 0.138. The third-order valence-electron chi connectivity index (χ3n) is 4.04. The number of halogens is 1. The first-order valence-electron chi connectivity index (χ1n) is 9.24. The van der Waals surface area contributed by atoms with E-state index in [1.807, 2.05) is 24.3 Å². The standard InChI is InChI=1S/C22H20ClNO5S/c1-14(2)29-20(25)12-24-21(26)19(30-22(24)27)11-16-5-3-4-6-18(16)28-13-15-7-9-17(23)10-8-15/h3-11,14H,12-13H2,1-2H3/b19-11-. The minimum Gasteiger partial charge on any atom is -0.488 e. The number of benzene rings is 2. The van der Waals surface area contributed by atoms with Crippen molar-refractivity contribution >= 4 is 46.6 Å². The summed E-state index contributed by atoms with van der Waals surface area (Å²) in [4.78, 5) is 37.8. The van der Waals surface area contributed by atoms with Gasteiger partial charge < -0.3 is 9.47 Å². The number of carbonyl (C=O) groups excluding carboxylic acids is 3. The molecule has 1 heterocycles. The second kappa shape index (κ2) is 9.82. The van der Waals surface area contributed by atoms with E-state index in [1.54, 1.807) is 44.2 Å². The van der Waals surface area contributed by atoms with Crippen molar-refractivity contribution in [2.24, 2.45) is 0 Å². The number of rotatable bonds is 7. The molecule has 0 N–H and O–H groups in total. The monoisotopic (exact) mass is 445 g/mol. The Kier molecular flexibility index (Phi) is 7.18. The van der Waals surface area contributed by atoms with E-state index in [2.05, 4.69) is 0 Å². The lowest BCUT2D eigenvalue weighted by Crippen LogP contribution is -2.35. The number of hydrogen-bond acceptors (Lipinski definition) is 6. The van der Waals surface area contributed by atoms with E-state index in [0.29, 0.717) is 22.9 Å². The molecule has 0 atom stereocenters. The number of esters is 1. The van der Waals surface area contributed by atoms with Crippen LogP contribution in [0, 0.1) is 0 Å². The van der Waals surface area contributed by atoms with E-state index < -0.39 is 23.7 Å². The second-order valence-corrected chi connectivity index (χ2v) is 8.19. The summed E-state index contributed by atoms with van der Waals surface area (Å²) >= 11 is 6.68. The molecule has 2 aromatic rings. The van der Waals surface area contributed by atoms with Crippen LogP contribution in [0.2, 0.25) is 5.02 Å². The Balaban J connectivity index is 1.73. The maximum Gasteiger partial charge on any atom is 0.326 e. The molecule has 3 rings (SSSR count). The normalized spacial score (nSPS) is 15.2. The van der Waals surface area contributed by atoms with Crippen LogP contribution in [0.3, 0.4) is 0 Å². The third kappa shape index (κ3) is 5.64. The second-order valence-electron chi connectivity index (χ2n) is 6.76. The van der Waals surface area contributed by atoms with Gasteiger partial charge in [-0.05, 0) is 55.4 Å². The van der Waals surface area contributed by atoms with Crippen LogP contribution in [0.5, 0.6) is 5.75 Å². The van der Waals surface area contributed by atoms with Gasteiger partial charge in [-0.3, -0.25) is 19.3 Å². The summed E-state index contributed by atoms with van der Waals surface area (Å²) in [6.45, 7) is 3.32. The van der Waals surface area contributed by atoms with E-state index >= 15 is 0 Å². The Labute approximate surface area is 183 Å². The van der Waals surface area contributed by atoms with Crippen LogP contribution in [-0.2, 0) is 20.9 Å². The van der Waals surface area contributed by atoms with Crippen molar-refractivity contribution < 1.29 is 23.9 Å². The predicted octanol–water partition coefficient (Wildman–Crippen LogP) is 4.91. The van der Waals surface area contributed by atoms with Gasteiger partial charge in [0.1, 0.15) is 18.9 Å². The molecular weight excluding hydrogens is 426 g/mol. The first-order chi connectivity index (χ1) is 14.3. The summed E-state index contributed by atoms with van der Waals surface area (Å²) in [6.07, 6.45) is 1.27. The first kappa shape index (κ1) is 21.9. The number of imide groups is 1. The molecule has 1 fully saturated rings. The van der Waals surface area contributed by atoms with E-state index in [-0.39, 0.29) is 11.0 Å². The van der Waals surface area contributed by atoms with Gasteiger partial charge in [0, 0.05) is 10.6 Å². The molecule has 0 unspecified atom stereocenters. The van der Waals surface area contributed by atoms with E-state index in [0.717, 1.165) is 22.2 Å². The topological polar surface area (TPSA) is 72.9 Å². The highest BCUT2D eigenvalue weighted by atomic mass is 35.5. The van der Waals surface area contributed by atoms with E-state index in [4.69, 9.17) is 21.1 Å². The molecule has 1 saturated heterocycles. The van der Waals surface area contributed by atoms with Crippen LogP contribution in [0.15, 0.2) is 53.4 Å². The van der Waals surface area contributed by atoms with Crippen molar-refractivity contribution in [1.82, 2.24) is 4.90 Å². The zero-order valence-corrected chi connectivity index (χ0v) is 18.0. The van der Waals surface area contributed by atoms with Crippen molar-refractivity contribution in [3.8, 4) is 5.75 Å². The number of ether oxygens (including phenoxy) is 2. The minimum atomic E-state index is -0.625. The van der Waals surface area contributed by atoms with Gasteiger partial charge in [0.15, 0.2) is 0 Å². The molecule has 0 saturated carbocycles. The van der Waals surface area contributed by atoms with Crippen LogP contribution in [0.25, 0.3) is 6.08 Å². The van der Waals surface area contributed by atoms with Crippen LogP contribution in [0.4, 0.5) is 4.79 Å². The minimum absolute atomic E-state index is 0.222.